The Hall–Kier alpha value is -0.220. The van der Waals surface area contributed by atoms with Gasteiger partial charge >= 0.3 is 0 Å². The first-order valence-electron chi connectivity index (χ1n) is 5.38. The first kappa shape index (κ1) is 10.3. The van der Waals surface area contributed by atoms with E-state index in [-0.39, 0.29) is 25.0 Å². The molecule has 0 aromatic carbocycles. The van der Waals surface area contributed by atoms with Gasteiger partial charge in [0.1, 0.15) is 0 Å². The summed E-state index contributed by atoms with van der Waals surface area (Å²) in [6.45, 7) is 1.56. The van der Waals surface area contributed by atoms with E-state index in [2.05, 4.69) is 5.32 Å². The van der Waals surface area contributed by atoms with Crippen molar-refractivity contribution in [2.24, 2.45) is 0 Å². The largest absolute Gasteiger partial charge is 0.377 e. The molecule has 4 heteroatoms. The second-order valence-electron chi connectivity index (χ2n) is 4.34. The van der Waals surface area contributed by atoms with Gasteiger partial charge < -0.3 is 10.1 Å². The van der Waals surface area contributed by atoms with Gasteiger partial charge in [-0.05, 0) is 19.3 Å². The highest BCUT2D eigenvalue weighted by Gasteiger charge is 2.39. The van der Waals surface area contributed by atoms with Crippen molar-refractivity contribution in [2.45, 2.75) is 50.2 Å². The Morgan fingerprint density at radius 2 is 2.21 bits per heavy atom. The number of nitrogens with one attached hydrogen (secondary N) is 1. The van der Waals surface area contributed by atoms with Crippen molar-refractivity contribution < 1.29 is 13.5 Å². The van der Waals surface area contributed by atoms with Crippen LogP contribution in [0, 0.1) is 0 Å². The second-order valence-corrected chi connectivity index (χ2v) is 4.34. The smallest absolute Gasteiger partial charge is 0.249 e. The standard InChI is InChI=1S/C10H17F2NO/c11-10(12)4-3-8(6-10)13-7-9-2-1-5-14-9/h8-9,13H,1-7H2. The van der Waals surface area contributed by atoms with Gasteiger partial charge in [0.15, 0.2) is 0 Å². The average molecular weight is 205 g/mol. The highest BCUT2D eigenvalue weighted by Crippen LogP contribution is 2.34. The van der Waals surface area contributed by atoms with Crippen molar-refractivity contribution in [3.63, 3.8) is 0 Å². The van der Waals surface area contributed by atoms with Gasteiger partial charge in [-0.3, -0.25) is 0 Å². The lowest BCUT2D eigenvalue weighted by Gasteiger charge is -2.16. The summed E-state index contributed by atoms with van der Waals surface area (Å²) in [5.74, 6) is -2.44. The first-order chi connectivity index (χ1) is 6.66. The van der Waals surface area contributed by atoms with E-state index in [4.69, 9.17) is 4.74 Å². The maximum atomic E-state index is 12.8. The summed E-state index contributed by atoms with van der Waals surface area (Å²) in [6.07, 6.45) is 3.06. The normalized spacial score (nSPS) is 36.4. The van der Waals surface area contributed by atoms with Crippen molar-refractivity contribution in [1.29, 1.82) is 0 Å². The van der Waals surface area contributed by atoms with E-state index in [1.165, 1.54) is 0 Å². The van der Waals surface area contributed by atoms with Gasteiger partial charge in [-0.2, -0.15) is 0 Å². The molecule has 1 heterocycles. The van der Waals surface area contributed by atoms with Gasteiger partial charge in [0.2, 0.25) is 5.92 Å². The van der Waals surface area contributed by atoms with Gasteiger partial charge in [-0.1, -0.05) is 0 Å². The molecule has 1 aliphatic heterocycles. The third-order valence-electron chi connectivity index (χ3n) is 3.06. The third-order valence-corrected chi connectivity index (χ3v) is 3.06. The summed E-state index contributed by atoms with van der Waals surface area (Å²) < 4.78 is 31.1. The first-order valence-corrected chi connectivity index (χ1v) is 5.38. The van der Waals surface area contributed by atoms with E-state index in [1.807, 2.05) is 0 Å². The molecular formula is C10H17F2NO. The molecule has 2 atom stereocenters. The molecule has 2 unspecified atom stereocenters. The molecule has 1 N–H and O–H groups in total. The van der Waals surface area contributed by atoms with E-state index in [9.17, 15) is 8.78 Å². The maximum Gasteiger partial charge on any atom is 0.249 e. The van der Waals surface area contributed by atoms with E-state index >= 15 is 0 Å². The third kappa shape index (κ3) is 2.64. The summed E-state index contributed by atoms with van der Waals surface area (Å²) >= 11 is 0. The Kier molecular flexibility index (Phi) is 3.02. The van der Waals surface area contributed by atoms with Gasteiger partial charge in [0, 0.05) is 32.0 Å². The van der Waals surface area contributed by atoms with Crippen molar-refractivity contribution in [3.8, 4) is 0 Å². The van der Waals surface area contributed by atoms with Crippen molar-refractivity contribution in [3.05, 3.63) is 0 Å². The Morgan fingerprint density at radius 1 is 1.36 bits per heavy atom. The molecule has 2 fully saturated rings. The second kappa shape index (κ2) is 4.11. The van der Waals surface area contributed by atoms with Gasteiger partial charge in [0.05, 0.1) is 6.10 Å². The number of hydrogen-bond acceptors (Lipinski definition) is 2. The Morgan fingerprint density at radius 3 is 2.79 bits per heavy atom. The molecule has 2 nitrogen and oxygen atoms in total. The summed E-state index contributed by atoms with van der Waals surface area (Å²) in [5.41, 5.74) is 0. The van der Waals surface area contributed by atoms with Crippen LogP contribution in [-0.4, -0.2) is 31.2 Å². The van der Waals surface area contributed by atoms with Crippen molar-refractivity contribution in [1.82, 2.24) is 5.32 Å². The molecule has 0 spiro atoms. The van der Waals surface area contributed by atoms with Crippen LogP contribution in [-0.2, 0) is 4.74 Å². The highest BCUT2D eigenvalue weighted by atomic mass is 19.3. The fourth-order valence-electron chi connectivity index (χ4n) is 2.23. The Bertz CT molecular complexity index is 193. The number of hydrogen-bond donors (Lipinski definition) is 1. The minimum absolute atomic E-state index is 0.000278. The summed E-state index contributed by atoms with van der Waals surface area (Å²) in [4.78, 5) is 0. The highest BCUT2D eigenvalue weighted by molar-refractivity contribution is 4.86. The summed E-state index contributed by atoms with van der Waals surface area (Å²) in [5, 5.41) is 3.17. The lowest BCUT2D eigenvalue weighted by molar-refractivity contribution is 0.00635. The average Bonchev–Trinajstić information content (AvgIpc) is 2.70. The zero-order valence-corrected chi connectivity index (χ0v) is 8.27. The van der Waals surface area contributed by atoms with E-state index in [0.717, 1.165) is 26.0 Å². The lowest BCUT2D eigenvalue weighted by Crippen LogP contribution is -2.34. The summed E-state index contributed by atoms with van der Waals surface area (Å²) in [6, 6.07) is -0.00537. The van der Waals surface area contributed by atoms with Crippen LogP contribution in [0.25, 0.3) is 0 Å². The van der Waals surface area contributed by atoms with Crippen LogP contribution < -0.4 is 5.32 Å². The zero-order valence-electron chi connectivity index (χ0n) is 8.27. The van der Waals surface area contributed by atoms with Crippen molar-refractivity contribution >= 4 is 0 Å². The molecular weight excluding hydrogens is 188 g/mol. The number of ether oxygens (including phenoxy) is 1. The van der Waals surface area contributed by atoms with Crippen LogP contribution in [0.2, 0.25) is 0 Å². The Labute approximate surface area is 83.0 Å². The minimum Gasteiger partial charge on any atom is -0.377 e. The topological polar surface area (TPSA) is 21.3 Å². The zero-order chi connectivity index (χ0) is 10.0. The fraction of sp³-hybridized carbons (Fsp3) is 1.00. The molecule has 82 valence electrons. The van der Waals surface area contributed by atoms with Crippen molar-refractivity contribution in [2.75, 3.05) is 13.2 Å². The lowest BCUT2D eigenvalue weighted by atomic mass is 10.2. The molecule has 0 aromatic rings. The number of rotatable bonds is 3. The predicted octanol–water partition coefficient (Wildman–Crippen LogP) is 1.94. The van der Waals surface area contributed by atoms with E-state index in [0.29, 0.717) is 6.42 Å². The molecule has 1 aliphatic carbocycles. The molecule has 14 heavy (non-hydrogen) atoms. The quantitative estimate of drug-likeness (QED) is 0.760. The van der Waals surface area contributed by atoms with Crippen LogP contribution in [0.15, 0.2) is 0 Å². The SMILES string of the molecule is FC1(F)CCC(NCC2CCCO2)C1. The molecule has 0 aromatic heterocycles. The number of alkyl halides is 2. The summed E-state index contributed by atoms with van der Waals surface area (Å²) in [7, 11) is 0. The van der Waals surface area contributed by atoms with Gasteiger partial charge in [-0.15, -0.1) is 0 Å². The fourth-order valence-corrected chi connectivity index (χ4v) is 2.23. The molecule has 0 amide bonds. The molecule has 1 saturated carbocycles. The molecule has 0 bridgehead atoms. The molecule has 0 radical (unpaired) electrons. The van der Waals surface area contributed by atoms with Crippen LogP contribution in [0.1, 0.15) is 32.1 Å². The molecule has 2 rings (SSSR count). The van der Waals surface area contributed by atoms with Crippen LogP contribution in [0.4, 0.5) is 8.78 Å². The van der Waals surface area contributed by atoms with Gasteiger partial charge in [0.25, 0.3) is 0 Å². The monoisotopic (exact) mass is 205 g/mol. The Balaban J connectivity index is 1.66. The van der Waals surface area contributed by atoms with Crippen LogP contribution >= 0.6 is 0 Å². The van der Waals surface area contributed by atoms with Crippen LogP contribution in [0.5, 0.6) is 0 Å². The van der Waals surface area contributed by atoms with Crippen LogP contribution in [0.3, 0.4) is 0 Å². The minimum atomic E-state index is -2.44. The predicted molar refractivity (Wildman–Crippen MR) is 49.6 cm³/mol. The molecule has 2 aliphatic rings. The number of halogens is 2. The molecule has 1 saturated heterocycles. The van der Waals surface area contributed by atoms with E-state index in [1.54, 1.807) is 0 Å². The van der Waals surface area contributed by atoms with Gasteiger partial charge in [-0.25, -0.2) is 8.78 Å². The maximum absolute atomic E-state index is 12.8. The van der Waals surface area contributed by atoms with E-state index < -0.39 is 5.92 Å².